The minimum absolute atomic E-state index is 0.187. The number of esters is 1. The molecule has 0 radical (unpaired) electrons. The fourth-order valence-corrected chi connectivity index (χ4v) is 4.47. The number of hydrogen-bond donors (Lipinski definition) is 2. The maximum atomic E-state index is 13.1. The molecule has 204 valence electrons. The molecule has 7 nitrogen and oxygen atoms in total. The van der Waals surface area contributed by atoms with Crippen LogP contribution in [0.3, 0.4) is 0 Å². The Balaban J connectivity index is 1.76. The Kier molecular flexibility index (Phi) is 10.5. The Labute approximate surface area is 226 Å². The highest BCUT2D eigenvalue weighted by atomic mass is 16.5. The zero-order valence-corrected chi connectivity index (χ0v) is 23.3. The molecule has 1 unspecified atom stereocenters. The largest absolute Gasteiger partial charge is 0.462 e. The predicted octanol–water partition coefficient (Wildman–Crippen LogP) is 6.62. The second-order valence-corrected chi connectivity index (χ2v) is 10.3. The summed E-state index contributed by atoms with van der Waals surface area (Å²) in [6, 6.07) is 14.0. The van der Waals surface area contributed by atoms with Crippen molar-refractivity contribution in [2.75, 3.05) is 18.5 Å². The Hall–Kier alpha value is -3.61. The number of nitrogens with one attached hydrogen (secondary N) is 2. The van der Waals surface area contributed by atoms with Crippen molar-refractivity contribution in [3.05, 3.63) is 76.5 Å². The quantitative estimate of drug-likeness (QED) is 0.244. The highest BCUT2D eigenvalue weighted by molar-refractivity contribution is 6.04. The van der Waals surface area contributed by atoms with Gasteiger partial charge in [0.25, 0.3) is 5.91 Å². The number of benzene rings is 2. The van der Waals surface area contributed by atoms with E-state index in [1.807, 2.05) is 57.2 Å². The van der Waals surface area contributed by atoms with Crippen LogP contribution in [0, 0.1) is 5.92 Å². The van der Waals surface area contributed by atoms with Gasteiger partial charge >= 0.3 is 12.0 Å². The van der Waals surface area contributed by atoms with Gasteiger partial charge in [0.1, 0.15) is 0 Å². The van der Waals surface area contributed by atoms with Gasteiger partial charge in [-0.3, -0.25) is 9.69 Å². The first-order valence-corrected chi connectivity index (χ1v) is 13.7. The molecule has 0 saturated heterocycles. The molecule has 1 aliphatic heterocycles. The highest BCUT2D eigenvalue weighted by Gasteiger charge is 2.36. The van der Waals surface area contributed by atoms with Gasteiger partial charge in [-0.1, -0.05) is 64.8 Å². The number of nitrogens with zero attached hydrogens (tertiary/aromatic N) is 1. The minimum atomic E-state index is -0.639. The summed E-state index contributed by atoms with van der Waals surface area (Å²) in [5.41, 5.74) is 4.22. The first-order valence-electron chi connectivity index (χ1n) is 13.7. The van der Waals surface area contributed by atoms with Crippen LogP contribution in [0.5, 0.6) is 0 Å². The minimum Gasteiger partial charge on any atom is -0.462 e. The van der Waals surface area contributed by atoms with Gasteiger partial charge < -0.3 is 15.4 Å². The van der Waals surface area contributed by atoms with E-state index in [2.05, 4.69) is 17.6 Å². The summed E-state index contributed by atoms with van der Waals surface area (Å²) in [5, 5.41) is 5.90. The fraction of sp³-hybridized carbons (Fsp3) is 0.452. The number of ether oxygens (including phenoxy) is 1. The number of hydrogen-bond acceptors (Lipinski definition) is 4. The number of anilines is 1. The van der Waals surface area contributed by atoms with Crippen molar-refractivity contribution in [1.82, 2.24) is 10.2 Å². The first kappa shape index (κ1) is 29.0. The molecule has 2 aromatic carbocycles. The van der Waals surface area contributed by atoms with Crippen LogP contribution in [0.15, 0.2) is 59.8 Å². The maximum Gasteiger partial charge on any atom is 0.338 e. The molecule has 3 amide bonds. The predicted molar refractivity (Wildman–Crippen MR) is 151 cm³/mol. The molecule has 7 heteroatoms. The molecule has 1 atom stereocenters. The van der Waals surface area contributed by atoms with E-state index in [9.17, 15) is 14.4 Å². The van der Waals surface area contributed by atoms with E-state index in [1.165, 1.54) is 18.4 Å². The van der Waals surface area contributed by atoms with Gasteiger partial charge in [0.2, 0.25) is 0 Å². The lowest BCUT2D eigenvalue weighted by atomic mass is 9.94. The third-order valence-corrected chi connectivity index (χ3v) is 6.60. The summed E-state index contributed by atoms with van der Waals surface area (Å²) >= 11 is 0. The SMILES string of the molecule is CCCCCc1ccc(C(=O)Nc2ccc(C3NC(=O)N(CCC)C(C)=C3C(=O)OCC(C)C)cc2)cc1. The molecule has 2 N–H and O–H groups in total. The van der Waals surface area contributed by atoms with Gasteiger partial charge in [-0.05, 0) is 67.5 Å². The molecule has 3 rings (SSSR count). The molecule has 0 aliphatic carbocycles. The maximum absolute atomic E-state index is 13.1. The zero-order valence-electron chi connectivity index (χ0n) is 23.3. The summed E-state index contributed by atoms with van der Waals surface area (Å²) in [4.78, 5) is 40.3. The number of aryl methyl sites for hydroxylation is 1. The van der Waals surface area contributed by atoms with Crippen LogP contribution < -0.4 is 10.6 Å². The smallest absolute Gasteiger partial charge is 0.338 e. The number of unbranched alkanes of at least 4 members (excludes halogenated alkanes) is 2. The van der Waals surface area contributed by atoms with E-state index in [1.54, 1.807) is 24.0 Å². The van der Waals surface area contributed by atoms with Crippen molar-refractivity contribution in [3.63, 3.8) is 0 Å². The van der Waals surface area contributed by atoms with Crippen LogP contribution in [0.2, 0.25) is 0 Å². The van der Waals surface area contributed by atoms with Crippen LogP contribution in [-0.4, -0.2) is 36.0 Å². The van der Waals surface area contributed by atoms with Gasteiger partial charge in [0.05, 0.1) is 18.2 Å². The average molecular weight is 520 g/mol. The first-order chi connectivity index (χ1) is 18.2. The van der Waals surface area contributed by atoms with Gasteiger partial charge in [0, 0.05) is 23.5 Å². The topological polar surface area (TPSA) is 87.7 Å². The molecule has 0 saturated carbocycles. The molecule has 0 aromatic heterocycles. The Morgan fingerprint density at radius 2 is 1.68 bits per heavy atom. The van der Waals surface area contributed by atoms with Crippen LogP contribution in [0.25, 0.3) is 0 Å². The van der Waals surface area contributed by atoms with E-state index < -0.39 is 12.0 Å². The van der Waals surface area contributed by atoms with Crippen molar-refractivity contribution in [1.29, 1.82) is 0 Å². The van der Waals surface area contributed by atoms with Crippen molar-refractivity contribution >= 4 is 23.6 Å². The van der Waals surface area contributed by atoms with Crippen molar-refractivity contribution in [2.45, 2.75) is 72.8 Å². The lowest BCUT2D eigenvalue weighted by Gasteiger charge is -2.35. The Morgan fingerprint density at radius 3 is 2.29 bits per heavy atom. The second-order valence-electron chi connectivity index (χ2n) is 10.3. The number of amides is 3. The molecule has 0 fully saturated rings. The number of allylic oxidation sites excluding steroid dienone is 1. The Morgan fingerprint density at radius 1 is 1.00 bits per heavy atom. The van der Waals surface area contributed by atoms with Crippen molar-refractivity contribution in [2.24, 2.45) is 5.92 Å². The molecule has 1 heterocycles. The van der Waals surface area contributed by atoms with Crippen LogP contribution in [-0.2, 0) is 16.0 Å². The number of carbonyl (C=O) groups excluding carboxylic acids is 3. The van der Waals surface area contributed by atoms with Crippen LogP contribution >= 0.6 is 0 Å². The van der Waals surface area contributed by atoms with E-state index in [0.29, 0.717) is 35.7 Å². The number of urea groups is 1. The van der Waals surface area contributed by atoms with Gasteiger partial charge in [0.15, 0.2) is 0 Å². The molecule has 2 aromatic rings. The summed E-state index contributed by atoms with van der Waals surface area (Å²) in [6.07, 6.45) is 5.32. The third-order valence-electron chi connectivity index (χ3n) is 6.60. The second kappa shape index (κ2) is 13.8. The molecule has 1 aliphatic rings. The van der Waals surface area contributed by atoms with Crippen LogP contribution in [0.4, 0.5) is 10.5 Å². The summed E-state index contributed by atoms with van der Waals surface area (Å²) in [5.74, 6) is -0.422. The molecule has 38 heavy (non-hydrogen) atoms. The lowest BCUT2D eigenvalue weighted by Crippen LogP contribution is -2.48. The zero-order chi connectivity index (χ0) is 27.7. The fourth-order valence-electron chi connectivity index (χ4n) is 4.47. The average Bonchev–Trinajstić information content (AvgIpc) is 2.90. The van der Waals surface area contributed by atoms with E-state index in [4.69, 9.17) is 4.74 Å². The van der Waals surface area contributed by atoms with Crippen molar-refractivity contribution < 1.29 is 19.1 Å². The number of rotatable bonds is 12. The number of carbonyl (C=O) groups is 3. The third kappa shape index (κ3) is 7.46. The van der Waals surface area contributed by atoms with Crippen molar-refractivity contribution in [3.8, 4) is 0 Å². The molecule has 0 bridgehead atoms. The van der Waals surface area contributed by atoms with Gasteiger partial charge in [-0.15, -0.1) is 0 Å². The Bertz CT molecular complexity index is 1140. The van der Waals surface area contributed by atoms with E-state index in [-0.39, 0.29) is 17.9 Å². The van der Waals surface area contributed by atoms with E-state index >= 15 is 0 Å². The van der Waals surface area contributed by atoms with Crippen LogP contribution in [0.1, 0.15) is 87.8 Å². The normalized spacial score (nSPS) is 15.5. The summed E-state index contributed by atoms with van der Waals surface area (Å²) in [7, 11) is 0. The lowest BCUT2D eigenvalue weighted by molar-refractivity contribution is -0.140. The molecular weight excluding hydrogens is 478 g/mol. The van der Waals surface area contributed by atoms with Gasteiger partial charge in [-0.2, -0.15) is 0 Å². The molecule has 0 spiro atoms. The standard InChI is InChI=1S/C31H41N3O4/c1-6-8-9-10-23-11-13-25(14-12-23)29(35)32-26-17-15-24(16-18-26)28-27(30(36)38-20-21(3)4)22(5)34(19-7-2)31(37)33-28/h11-18,21,28H,6-10,19-20H2,1-5H3,(H,32,35)(H,33,37). The summed E-state index contributed by atoms with van der Waals surface area (Å²) in [6.45, 7) is 10.7. The summed E-state index contributed by atoms with van der Waals surface area (Å²) < 4.78 is 5.56. The van der Waals surface area contributed by atoms with E-state index in [0.717, 1.165) is 24.8 Å². The van der Waals surface area contributed by atoms with Gasteiger partial charge in [-0.25, -0.2) is 9.59 Å². The molecular formula is C31H41N3O4. The highest BCUT2D eigenvalue weighted by Crippen LogP contribution is 2.32. The monoisotopic (exact) mass is 519 g/mol.